The van der Waals surface area contributed by atoms with Crippen LogP contribution in [-0.4, -0.2) is 12.1 Å². The van der Waals surface area contributed by atoms with Crippen molar-refractivity contribution in [3.8, 4) is 0 Å². The summed E-state index contributed by atoms with van der Waals surface area (Å²) in [6, 6.07) is 0. The van der Waals surface area contributed by atoms with Gasteiger partial charge in [-0.3, -0.25) is 0 Å². The molecule has 1 N–H and O–H groups in total. The normalized spacial score (nSPS) is 12.3. The summed E-state index contributed by atoms with van der Waals surface area (Å²) in [6.07, 6.45) is 23.9. The standard InChI is InChI=1S/C22H45N/c1-5-7-8-9-10-11-12-13-14-15-16-17-18-19-20-22(3,4)23-21-6-2/h9-10,23H,5-8,11-21H2,1-4H3/b10-9+. The van der Waals surface area contributed by atoms with Crippen LogP contribution < -0.4 is 5.32 Å². The van der Waals surface area contributed by atoms with Gasteiger partial charge >= 0.3 is 0 Å². The molecule has 0 bridgehead atoms. The minimum Gasteiger partial charge on any atom is -0.312 e. The second-order valence-corrected chi connectivity index (χ2v) is 7.79. The first-order chi connectivity index (χ1) is 11.1. The van der Waals surface area contributed by atoms with Gasteiger partial charge < -0.3 is 5.32 Å². The summed E-state index contributed by atoms with van der Waals surface area (Å²) in [5.74, 6) is 0. The zero-order valence-corrected chi connectivity index (χ0v) is 16.8. The Hall–Kier alpha value is -0.300. The summed E-state index contributed by atoms with van der Waals surface area (Å²) in [5.41, 5.74) is 0.334. The number of nitrogens with one attached hydrogen (secondary N) is 1. The predicted octanol–water partition coefficient (Wildman–Crippen LogP) is 7.41. The van der Waals surface area contributed by atoms with Gasteiger partial charge in [0.15, 0.2) is 0 Å². The van der Waals surface area contributed by atoms with Crippen molar-refractivity contribution in [1.82, 2.24) is 5.32 Å². The molecule has 0 aliphatic carbocycles. The van der Waals surface area contributed by atoms with E-state index in [-0.39, 0.29) is 0 Å². The molecule has 0 amide bonds. The Morgan fingerprint density at radius 3 is 1.74 bits per heavy atom. The van der Waals surface area contributed by atoms with Crippen LogP contribution >= 0.6 is 0 Å². The predicted molar refractivity (Wildman–Crippen MR) is 107 cm³/mol. The van der Waals surface area contributed by atoms with Crippen molar-refractivity contribution in [3.05, 3.63) is 12.2 Å². The van der Waals surface area contributed by atoms with E-state index in [0.717, 1.165) is 6.54 Å². The maximum Gasteiger partial charge on any atom is 0.0125 e. The fraction of sp³-hybridized carbons (Fsp3) is 0.909. The molecule has 0 radical (unpaired) electrons. The van der Waals surface area contributed by atoms with Crippen LogP contribution in [0.5, 0.6) is 0 Å². The summed E-state index contributed by atoms with van der Waals surface area (Å²) in [5, 5.41) is 3.65. The maximum absolute atomic E-state index is 3.65. The van der Waals surface area contributed by atoms with Crippen LogP contribution in [0.25, 0.3) is 0 Å². The first-order valence-electron chi connectivity index (χ1n) is 10.5. The monoisotopic (exact) mass is 323 g/mol. The summed E-state index contributed by atoms with van der Waals surface area (Å²) in [6.45, 7) is 10.4. The smallest absolute Gasteiger partial charge is 0.0125 e. The fourth-order valence-corrected chi connectivity index (χ4v) is 3.00. The largest absolute Gasteiger partial charge is 0.312 e. The molecular weight excluding hydrogens is 278 g/mol. The van der Waals surface area contributed by atoms with Crippen molar-refractivity contribution in [2.75, 3.05) is 6.54 Å². The first kappa shape index (κ1) is 22.7. The van der Waals surface area contributed by atoms with Crippen molar-refractivity contribution in [2.45, 2.75) is 123 Å². The van der Waals surface area contributed by atoms with Gasteiger partial charge in [-0.15, -0.1) is 0 Å². The highest BCUT2D eigenvalue weighted by atomic mass is 14.9. The average molecular weight is 324 g/mol. The minimum absolute atomic E-state index is 0.334. The molecule has 0 aromatic carbocycles. The van der Waals surface area contributed by atoms with Crippen LogP contribution in [0, 0.1) is 0 Å². The van der Waals surface area contributed by atoms with Gasteiger partial charge in [0, 0.05) is 5.54 Å². The molecule has 0 rings (SSSR count). The molecule has 0 aromatic heterocycles. The van der Waals surface area contributed by atoms with Gasteiger partial charge in [-0.05, 0) is 52.5 Å². The Morgan fingerprint density at radius 1 is 0.652 bits per heavy atom. The van der Waals surface area contributed by atoms with E-state index in [1.165, 1.54) is 89.9 Å². The second kappa shape index (κ2) is 16.6. The van der Waals surface area contributed by atoms with Gasteiger partial charge in [0.1, 0.15) is 0 Å². The Balaban J connectivity index is 3.23. The lowest BCUT2D eigenvalue weighted by molar-refractivity contribution is 0.347. The Labute approximate surface area is 147 Å². The van der Waals surface area contributed by atoms with Crippen LogP contribution in [0.2, 0.25) is 0 Å². The molecule has 1 nitrogen and oxygen atoms in total. The Kier molecular flexibility index (Phi) is 16.3. The lowest BCUT2D eigenvalue weighted by Gasteiger charge is -2.26. The molecule has 1 heteroatoms. The molecule has 0 saturated carbocycles. The van der Waals surface area contributed by atoms with Crippen molar-refractivity contribution < 1.29 is 0 Å². The van der Waals surface area contributed by atoms with Crippen molar-refractivity contribution in [3.63, 3.8) is 0 Å². The molecule has 0 fully saturated rings. The third-order valence-electron chi connectivity index (χ3n) is 4.67. The highest BCUT2D eigenvalue weighted by Crippen LogP contribution is 2.16. The third kappa shape index (κ3) is 17.9. The van der Waals surface area contributed by atoms with E-state index in [2.05, 4.69) is 45.2 Å². The molecule has 0 unspecified atom stereocenters. The van der Waals surface area contributed by atoms with Crippen LogP contribution in [0.3, 0.4) is 0 Å². The zero-order valence-electron chi connectivity index (χ0n) is 16.8. The molecule has 0 aliphatic rings. The lowest BCUT2D eigenvalue weighted by Crippen LogP contribution is -2.39. The van der Waals surface area contributed by atoms with Crippen molar-refractivity contribution in [1.29, 1.82) is 0 Å². The van der Waals surface area contributed by atoms with Gasteiger partial charge in [-0.1, -0.05) is 83.8 Å². The molecule has 0 saturated heterocycles. The van der Waals surface area contributed by atoms with Gasteiger partial charge in [0.2, 0.25) is 0 Å². The van der Waals surface area contributed by atoms with Crippen molar-refractivity contribution >= 4 is 0 Å². The number of unbranched alkanes of at least 4 members (excludes halogenated alkanes) is 10. The summed E-state index contributed by atoms with van der Waals surface area (Å²) in [7, 11) is 0. The molecule has 0 aliphatic heterocycles. The first-order valence-corrected chi connectivity index (χ1v) is 10.5. The topological polar surface area (TPSA) is 12.0 Å². The zero-order chi connectivity index (χ0) is 17.2. The van der Waals surface area contributed by atoms with Gasteiger partial charge in [-0.25, -0.2) is 0 Å². The van der Waals surface area contributed by atoms with Gasteiger partial charge in [0.25, 0.3) is 0 Å². The van der Waals surface area contributed by atoms with Crippen LogP contribution in [0.1, 0.15) is 118 Å². The number of rotatable bonds is 17. The molecule has 0 heterocycles. The summed E-state index contributed by atoms with van der Waals surface area (Å²) in [4.78, 5) is 0. The molecule has 138 valence electrons. The highest BCUT2D eigenvalue weighted by Gasteiger charge is 2.14. The van der Waals surface area contributed by atoms with Gasteiger partial charge in [-0.2, -0.15) is 0 Å². The fourth-order valence-electron chi connectivity index (χ4n) is 3.00. The van der Waals surface area contributed by atoms with Gasteiger partial charge in [0.05, 0.1) is 0 Å². The van der Waals surface area contributed by atoms with E-state index in [0.29, 0.717) is 5.54 Å². The van der Waals surface area contributed by atoms with E-state index in [9.17, 15) is 0 Å². The molecule has 23 heavy (non-hydrogen) atoms. The second-order valence-electron chi connectivity index (χ2n) is 7.79. The minimum atomic E-state index is 0.334. The Morgan fingerprint density at radius 2 is 1.17 bits per heavy atom. The van der Waals surface area contributed by atoms with E-state index >= 15 is 0 Å². The lowest BCUT2D eigenvalue weighted by atomic mass is 9.95. The maximum atomic E-state index is 3.65. The van der Waals surface area contributed by atoms with Crippen LogP contribution in [0.4, 0.5) is 0 Å². The van der Waals surface area contributed by atoms with E-state index in [1.807, 2.05) is 0 Å². The van der Waals surface area contributed by atoms with E-state index < -0.39 is 0 Å². The summed E-state index contributed by atoms with van der Waals surface area (Å²) < 4.78 is 0. The van der Waals surface area contributed by atoms with E-state index in [1.54, 1.807) is 0 Å². The summed E-state index contributed by atoms with van der Waals surface area (Å²) >= 11 is 0. The molecular formula is C22H45N. The quantitative estimate of drug-likeness (QED) is 0.217. The van der Waals surface area contributed by atoms with E-state index in [4.69, 9.17) is 0 Å². The number of hydrogen-bond acceptors (Lipinski definition) is 1. The number of allylic oxidation sites excluding steroid dienone is 2. The SMILES string of the molecule is CCCC/C=C/CCCCCCCCCCC(C)(C)NCCC. The number of hydrogen-bond donors (Lipinski definition) is 1. The van der Waals surface area contributed by atoms with Crippen molar-refractivity contribution in [2.24, 2.45) is 0 Å². The Bertz CT molecular complexity index is 255. The third-order valence-corrected chi connectivity index (χ3v) is 4.67. The van der Waals surface area contributed by atoms with Crippen LogP contribution in [0.15, 0.2) is 12.2 Å². The molecule has 0 atom stereocenters. The average Bonchev–Trinajstić information content (AvgIpc) is 2.53. The van der Waals surface area contributed by atoms with Crippen LogP contribution in [-0.2, 0) is 0 Å². The highest BCUT2D eigenvalue weighted by molar-refractivity contribution is 4.81. The molecule has 0 spiro atoms. The molecule has 0 aromatic rings.